The number of halogens is 1. The Hall–Kier alpha value is -1.10. The Balaban J connectivity index is 3.35. The molecule has 0 bridgehead atoms. The van der Waals surface area contributed by atoms with Crippen LogP contribution in [-0.4, -0.2) is 21.2 Å². The lowest BCUT2D eigenvalue weighted by Gasteiger charge is -2.08. The minimum atomic E-state index is -1.16. The van der Waals surface area contributed by atoms with Crippen LogP contribution in [0.25, 0.3) is 0 Å². The van der Waals surface area contributed by atoms with Gasteiger partial charge in [-0.05, 0) is 27.9 Å². The van der Waals surface area contributed by atoms with E-state index in [9.17, 15) is 9.90 Å². The highest BCUT2D eigenvalue weighted by Gasteiger charge is 2.16. The quantitative estimate of drug-likeness (QED) is 0.801. The molecule has 0 amide bonds. The highest BCUT2D eigenvalue weighted by molar-refractivity contribution is 9.10. The average Bonchev–Trinajstić information content (AvgIpc) is 2.08. The van der Waals surface area contributed by atoms with Crippen molar-refractivity contribution < 1.29 is 15.0 Å². The second-order valence-electron chi connectivity index (χ2n) is 3.19. The number of hydrogen-bond donors (Lipinski definition) is 2. The maximum absolute atomic E-state index is 10.7. The van der Waals surface area contributed by atoms with Gasteiger partial charge in [0.1, 0.15) is 10.2 Å². The van der Waals surface area contributed by atoms with E-state index in [0.717, 1.165) is 0 Å². The van der Waals surface area contributed by atoms with Crippen LogP contribution >= 0.6 is 15.9 Å². The fourth-order valence-corrected chi connectivity index (χ4v) is 1.40. The molecule has 1 aromatic rings. The summed E-state index contributed by atoms with van der Waals surface area (Å²) < 4.78 is 0.168. The van der Waals surface area contributed by atoms with Gasteiger partial charge in [-0.3, -0.25) is 0 Å². The van der Waals surface area contributed by atoms with Gasteiger partial charge >= 0.3 is 5.97 Å². The van der Waals surface area contributed by atoms with Crippen molar-refractivity contribution in [2.75, 3.05) is 0 Å². The topological polar surface area (TPSA) is 70.4 Å². The van der Waals surface area contributed by atoms with Crippen LogP contribution in [0.4, 0.5) is 0 Å². The summed E-state index contributed by atoms with van der Waals surface area (Å²) >= 11 is 3.01. The Kier molecular flexibility index (Phi) is 3.10. The Bertz CT molecular complexity index is 377. The van der Waals surface area contributed by atoms with Crippen LogP contribution in [0, 0.1) is 0 Å². The average molecular weight is 260 g/mol. The van der Waals surface area contributed by atoms with Gasteiger partial charge in [-0.2, -0.15) is 0 Å². The minimum absolute atomic E-state index is 0.116. The fraction of sp³-hybridized carbons (Fsp3) is 0.333. The molecular formula is C9H10BrNO3. The number of aromatic nitrogens is 1. The number of pyridine rings is 1. The molecule has 1 heterocycles. The van der Waals surface area contributed by atoms with Crippen LogP contribution in [0.3, 0.4) is 0 Å². The summed E-state index contributed by atoms with van der Waals surface area (Å²) in [5, 5.41) is 18.2. The molecule has 0 aliphatic carbocycles. The molecule has 0 saturated carbocycles. The number of carboxylic acids is 1. The maximum Gasteiger partial charge on any atom is 0.339 e. The van der Waals surface area contributed by atoms with E-state index in [1.54, 1.807) is 0 Å². The zero-order valence-corrected chi connectivity index (χ0v) is 9.37. The van der Waals surface area contributed by atoms with Crippen molar-refractivity contribution in [3.63, 3.8) is 0 Å². The number of hydrogen-bond acceptors (Lipinski definition) is 3. The summed E-state index contributed by atoms with van der Waals surface area (Å²) in [6, 6.07) is 1.38. The molecule has 76 valence electrons. The van der Waals surface area contributed by atoms with Gasteiger partial charge in [-0.15, -0.1) is 0 Å². The second-order valence-corrected chi connectivity index (χ2v) is 3.95. The molecule has 2 N–H and O–H groups in total. The van der Waals surface area contributed by atoms with Gasteiger partial charge in [0.05, 0.1) is 0 Å². The molecule has 0 aliphatic heterocycles. The van der Waals surface area contributed by atoms with Crippen LogP contribution < -0.4 is 0 Å². The van der Waals surface area contributed by atoms with Gasteiger partial charge in [-0.1, -0.05) is 13.8 Å². The molecule has 4 nitrogen and oxygen atoms in total. The van der Waals surface area contributed by atoms with Crippen molar-refractivity contribution in [3.05, 3.63) is 21.9 Å². The van der Waals surface area contributed by atoms with Crippen molar-refractivity contribution in [1.29, 1.82) is 0 Å². The molecule has 0 saturated heterocycles. The lowest BCUT2D eigenvalue weighted by Crippen LogP contribution is -2.02. The van der Waals surface area contributed by atoms with Gasteiger partial charge < -0.3 is 10.2 Å². The monoisotopic (exact) mass is 259 g/mol. The summed E-state index contributed by atoms with van der Waals surface area (Å²) in [7, 11) is 0. The van der Waals surface area contributed by atoms with E-state index in [-0.39, 0.29) is 21.8 Å². The van der Waals surface area contributed by atoms with Crippen molar-refractivity contribution in [2.45, 2.75) is 19.8 Å². The third-order valence-electron chi connectivity index (χ3n) is 1.79. The number of rotatable bonds is 2. The number of nitrogens with zero attached hydrogens (tertiary/aromatic N) is 1. The Labute approximate surface area is 89.7 Å². The SMILES string of the molecule is CC(C)c1cc(C(=O)O)c(O)c(Br)n1. The number of aromatic hydroxyl groups is 1. The Morgan fingerprint density at radius 1 is 1.57 bits per heavy atom. The fourth-order valence-electron chi connectivity index (χ4n) is 0.985. The van der Waals surface area contributed by atoms with Crippen molar-refractivity contribution >= 4 is 21.9 Å². The molecule has 1 rings (SSSR count). The third-order valence-corrected chi connectivity index (χ3v) is 2.34. The van der Waals surface area contributed by atoms with Gasteiger partial charge in [-0.25, -0.2) is 9.78 Å². The molecule has 0 spiro atoms. The van der Waals surface area contributed by atoms with Gasteiger partial charge in [0.15, 0.2) is 5.75 Å². The van der Waals surface area contributed by atoms with E-state index in [1.165, 1.54) is 6.07 Å². The van der Waals surface area contributed by atoms with Gasteiger partial charge in [0.2, 0.25) is 0 Å². The van der Waals surface area contributed by atoms with Gasteiger partial charge in [0.25, 0.3) is 0 Å². The van der Waals surface area contributed by atoms with Crippen molar-refractivity contribution in [2.24, 2.45) is 0 Å². The van der Waals surface area contributed by atoms with E-state index >= 15 is 0 Å². The van der Waals surface area contributed by atoms with E-state index in [2.05, 4.69) is 20.9 Å². The number of aromatic carboxylic acids is 1. The van der Waals surface area contributed by atoms with E-state index < -0.39 is 5.97 Å². The number of carboxylic acid groups (broad SMARTS) is 1. The highest BCUT2D eigenvalue weighted by atomic mass is 79.9. The zero-order chi connectivity index (χ0) is 10.9. The molecule has 0 aliphatic rings. The van der Waals surface area contributed by atoms with Crippen LogP contribution in [-0.2, 0) is 0 Å². The summed E-state index contributed by atoms with van der Waals surface area (Å²) in [5.41, 5.74) is 0.502. The summed E-state index contributed by atoms with van der Waals surface area (Å²) in [6.07, 6.45) is 0. The minimum Gasteiger partial charge on any atom is -0.504 e. The molecule has 0 fully saturated rings. The molecule has 5 heteroatoms. The van der Waals surface area contributed by atoms with Crippen molar-refractivity contribution in [3.8, 4) is 5.75 Å². The first kappa shape index (κ1) is 11.0. The lowest BCUT2D eigenvalue weighted by molar-refractivity contribution is 0.0693. The second kappa shape index (κ2) is 3.96. The largest absolute Gasteiger partial charge is 0.504 e. The number of carbonyl (C=O) groups is 1. The standard InChI is InChI=1S/C9H10BrNO3/c1-4(2)6-3-5(9(13)14)7(12)8(10)11-6/h3-4,12H,1-2H3,(H,13,14). The zero-order valence-electron chi connectivity index (χ0n) is 7.78. The van der Waals surface area contributed by atoms with E-state index in [4.69, 9.17) is 5.11 Å². The van der Waals surface area contributed by atoms with Gasteiger partial charge in [0, 0.05) is 5.69 Å². The van der Waals surface area contributed by atoms with E-state index in [0.29, 0.717) is 5.69 Å². The molecule has 0 atom stereocenters. The maximum atomic E-state index is 10.7. The van der Waals surface area contributed by atoms with Crippen LogP contribution in [0.1, 0.15) is 35.8 Å². The molecule has 14 heavy (non-hydrogen) atoms. The van der Waals surface area contributed by atoms with Crippen LogP contribution in [0.15, 0.2) is 10.7 Å². The van der Waals surface area contributed by atoms with Crippen LogP contribution in [0.2, 0.25) is 0 Å². The molecule has 0 aromatic carbocycles. The highest BCUT2D eigenvalue weighted by Crippen LogP contribution is 2.28. The predicted molar refractivity (Wildman–Crippen MR) is 54.7 cm³/mol. The van der Waals surface area contributed by atoms with E-state index in [1.807, 2.05) is 13.8 Å². The Morgan fingerprint density at radius 2 is 2.14 bits per heavy atom. The molecule has 1 aromatic heterocycles. The summed E-state index contributed by atoms with van der Waals surface area (Å²) in [5.74, 6) is -1.38. The smallest absolute Gasteiger partial charge is 0.339 e. The van der Waals surface area contributed by atoms with Crippen LogP contribution in [0.5, 0.6) is 5.75 Å². The third kappa shape index (κ3) is 2.04. The normalized spacial score (nSPS) is 10.6. The summed E-state index contributed by atoms with van der Waals surface area (Å²) in [4.78, 5) is 14.8. The first-order valence-corrected chi connectivity index (χ1v) is 4.85. The lowest BCUT2D eigenvalue weighted by atomic mass is 10.1. The molecule has 0 unspecified atom stereocenters. The first-order chi connectivity index (χ1) is 6.43. The molecule has 0 radical (unpaired) electrons. The molecular weight excluding hydrogens is 250 g/mol. The first-order valence-electron chi connectivity index (χ1n) is 4.06. The Morgan fingerprint density at radius 3 is 2.57 bits per heavy atom. The summed E-state index contributed by atoms with van der Waals surface area (Å²) in [6.45, 7) is 3.80. The predicted octanol–water partition coefficient (Wildman–Crippen LogP) is 2.37. The van der Waals surface area contributed by atoms with Crippen molar-refractivity contribution in [1.82, 2.24) is 4.98 Å².